The first-order valence-electron chi connectivity index (χ1n) is 9.41. The summed E-state index contributed by atoms with van der Waals surface area (Å²) in [4.78, 5) is 20.3. The van der Waals surface area contributed by atoms with Gasteiger partial charge < -0.3 is 4.74 Å². The molecule has 2 atom stereocenters. The molecule has 0 spiro atoms. The summed E-state index contributed by atoms with van der Waals surface area (Å²) in [7, 11) is 1.08. The van der Waals surface area contributed by atoms with Crippen molar-refractivity contribution < 1.29 is 31.5 Å². The molecule has 0 bridgehead atoms. The van der Waals surface area contributed by atoms with Gasteiger partial charge in [-0.15, -0.1) is 0 Å². The number of aliphatic imine (C=N–C) groups is 1. The van der Waals surface area contributed by atoms with Crippen molar-refractivity contribution in [3.63, 3.8) is 0 Å². The average molecular weight is 448 g/mol. The van der Waals surface area contributed by atoms with E-state index in [9.17, 15) is 26.7 Å². The molecule has 0 aromatic heterocycles. The normalized spacial score (nSPS) is 18.8. The molecule has 1 aliphatic heterocycles. The summed E-state index contributed by atoms with van der Waals surface area (Å²) < 4.78 is 73.0. The highest BCUT2D eigenvalue weighted by atomic mass is 19.4. The van der Waals surface area contributed by atoms with Crippen molar-refractivity contribution in [2.24, 2.45) is 10.9 Å². The van der Waals surface area contributed by atoms with Crippen LogP contribution in [-0.4, -0.2) is 18.8 Å². The zero-order valence-corrected chi connectivity index (χ0v) is 17.0. The standard InChI is InChI=1S/C23H17F5N2O2/c1-12-19(22(31)32-3)20(16-9-8-15(25)11-17(16)23(26,27)28)21(29-2)18(30-12)10-13-4-6-14(24)7-5-13/h4-9,11,19-20H,10H2,1,3H3. The summed E-state index contributed by atoms with van der Waals surface area (Å²) in [6.45, 7) is 9.12. The number of hydrogen-bond donors (Lipinski definition) is 0. The molecule has 4 nitrogen and oxygen atoms in total. The van der Waals surface area contributed by atoms with Crippen LogP contribution in [0.4, 0.5) is 22.0 Å². The number of esters is 1. The number of alkyl halides is 3. The third-order valence-corrected chi connectivity index (χ3v) is 5.20. The van der Waals surface area contributed by atoms with E-state index < -0.39 is 46.7 Å². The molecule has 0 N–H and O–H groups in total. The van der Waals surface area contributed by atoms with Gasteiger partial charge in [0.05, 0.1) is 25.2 Å². The molecule has 2 unspecified atom stereocenters. The zero-order chi connectivity index (χ0) is 23.6. The molecule has 1 aliphatic rings. The molecule has 0 saturated carbocycles. The Morgan fingerprint density at radius 3 is 2.31 bits per heavy atom. The van der Waals surface area contributed by atoms with E-state index in [1.165, 1.54) is 31.2 Å². The molecule has 0 aliphatic carbocycles. The Labute approximate surface area is 180 Å². The molecule has 2 aromatic rings. The number of halogens is 5. The number of ether oxygens (including phenoxy) is 1. The molecule has 166 valence electrons. The first kappa shape index (κ1) is 23.1. The van der Waals surface area contributed by atoms with Crippen molar-refractivity contribution in [2.45, 2.75) is 25.4 Å². The highest BCUT2D eigenvalue weighted by Crippen LogP contribution is 2.45. The predicted molar refractivity (Wildman–Crippen MR) is 106 cm³/mol. The quantitative estimate of drug-likeness (QED) is 0.342. The van der Waals surface area contributed by atoms with Gasteiger partial charge in [0, 0.05) is 23.7 Å². The first-order valence-corrected chi connectivity index (χ1v) is 9.41. The summed E-state index contributed by atoms with van der Waals surface area (Å²) in [5.41, 5.74) is -1.02. The van der Waals surface area contributed by atoms with E-state index in [0.717, 1.165) is 19.2 Å². The van der Waals surface area contributed by atoms with Gasteiger partial charge in [-0.2, -0.15) is 13.2 Å². The van der Waals surface area contributed by atoms with Crippen LogP contribution < -0.4 is 0 Å². The fourth-order valence-corrected chi connectivity index (χ4v) is 3.78. The average Bonchev–Trinajstić information content (AvgIpc) is 2.74. The summed E-state index contributed by atoms with van der Waals surface area (Å²) in [6, 6.07) is 7.47. The Balaban J connectivity index is 2.25. The van der Waals surface area contributed by atoms with E-state index in [1.807, 2.05) is 0 Å². The number of benzene rings is 2. The predicted octanol–water partition coefficient (Wildman–Crippen LogP) is 5.70. The lowest BCUT2D eigenvalue weighted by molar-refractivity contribution is -0.144. The van der Waals surface area contributed by atoms with Crippen molar-refractivity contribution in [1.29, 1.82) is 0 Å². The number of hydrogen-bond acceptors (Lipinski definition) is 3. The largest absolute Gasteiger partial charge is 0.469 e. The van der Waals surface area contributed by atoms with E-state index >= 15 is 0 Å². The Hall–Kier alpha value is -3.54. The Bertz CT molecular complexity index is 1140. The second kappa shape index (κ2) is 8.91. The molecule has 0 saturated heterocycles. The summed E-state index contributed by atoms with van der Waals surface area (Å²) >= 11 is 0. The lowest BCUT2D eigenvalue weighted by Crippen LogP contribution is -2.34. The molecule has 2 aromatic carbocycles. The fraction of sp³-hybridized carbons (Fsp3) is 0.261. The van der Waals surface area contributed by atoms with Gasteiger partial charge in [-0.1, -0.05) is 18.2 Å². The lowest BCUT2D eigenvalue weighted by Gasteiger charge is -2.31. The monoisotopic (exact) mass is 448 g/mol. The van der Waals surface area contributed by atoms with Gasteiger partial charge in [-0.3, -0.25) is 9.79 Å². The van der Waals surface area contributed by atoms with E-state index in [-0.39, 0.29) is 23.5 Å². The number of nitrogens with zero attached hydrogens (tertiary/aromatic N) is 2. The molecule has 1 heterocycles. The van der Waals surface area contributed by atoms with Crippen LogP contribution in [0.25, 0.3) is 4.85 Å². The summed E-state index contributed by atoms with van der Waals surface area (Å²) in [5.74, 6) is -5.12. The van der Waals surface area contributed by atoms with Gasteiger partial charge in [0.25, 0.3) is 0 Å². The smallest absolute Gasteiger partial charge is 0.416 e. The molecule has 9 heteroatoms. The maximum atomic E-state index is 13.8. The van der Waals surface area contributed by atoms with Gasteiger partial charge in [0.1, 0.15) is 11.6 Å². The highest BCUT2D eigenvalue weighted by Gasteiger charge is 2.45. The topological polar surface area (TPSA) is 43.0 Å². The van der Waals surface area contributed by atoms with Crippen molar-refractivity contribution in [3.8, 4) is 0 Å². The molecule has 32 heavy (non-hydrogen) atoms. The van der Waals surface area contributed by atoms with Crippen LogP contribution in [-0.2, 0) is 22.1 Å². The van der Waals surface area contributed by atoms with Crippen LogP contribution in [0, 0.1) is 24.1 Å². The van der Waals surface area contributed by atoms with Crippen molar-refractivity contribution in [2.75, 3.05) is 7.11 Å². The van der Waals surface area contributed by atoms with Crippen molar-refractivity contribution in [3.05, 3.63) is 93.6 Å². The fourth-order valence-electron chi connectivity index (χ4n) is 3.78. The van der Waals surface area contributed by atoms with E-state index in [0.29, 0.717) is 11.6 Å². The number of carbonyl (C=O) groups excluding carboxylic acids is 1. The van der Waals surface area contributed by atoms with E-state index in [2.05, 4.69) is 9.84 Å². The van der Waals surface area contributed by atoms with Crippen LogP contribution >= 0.6 is 0 Å². The highest BCUT2D eigenvalue weighted by molar-refractivity contribution is 6.03. The Morgan fingerprint density at radius 1 is 1.12 bits per heavy atom. The lowest BCUT2D eigenvalue weighted by atomic mass is 9.76. The van der Waals surface area contributed by atoms with Crippen LogP contribution in [0.1, 0.15) is 29.5 Å². The number of rotatable bonds is 4. The summed E-state index contributed by atoms with van der Waals surface area (Å²) in [5, 5.41) is 0. The second-order valence-corrected chi connectivity index (χ2v) is 7.21. The minimum atomic E-state index is -4.93. The first-order chi connectivity index (χ1) is 15.1. The molecular weight excluding hydrogens is 431 g/mol. The van der Waals surface area contributed by atoms with E-state index in [1.54, 1.807) is 0 Å². The molecular formula is C23H17F5N2O2. The maximum Gasteiger partial charge on any atom is 0.416 e. The van der Waals surface area contributed by atoms with E-state index in [4.69, 9.17) is 11.3 Å². The molecule has 0 radical (unpaired) electrons. The SMILES string of the molecule is [C-]#[N+]C1=C(Cc2ccc(F)cc2)N=C(C)C(C(=O)OC)C1c1ccc(F)cc1C(F)(F)F. The number of methoxy groups -OCH3 is 1. The van der Waals surface area contributed by atoms with Gasteiger partial charge >= 0.3 is 12.1 Å². The molecule has 0 fully saturated rings. The molecule has 3 rings (SSSR count). The minimum absolute atomic E-state index is 0.0300. The van der Waals surface area contributed by atoms with Crippen LogP contribution in [0.2, 0.25) is 0 Å². The second-order valence-electron chi connectivity index (χ2n) is 7.21. The zero-order valence-electron chi connectivity index (χ0n) is 17.0. The Kier molecular flexibility index (Phi) is 6.44. The van der Waals surface area contributed by atoms with Gasteiger partial charge in [-0.25, -0.2) is 13.6 Å². The summed E-state index contributed by atoms with van der Waals surface area (Å²) in [6.07, 6.45) is -4.90. The third-order valence-electron chi connectivity index (χ3n) is 5.20. The number of carbonyl (C=O) groups is 1. The number of allylic oxidation sites excluding steroid dienone is 2. The molecule has 0 amide bonds. The van der Waals surface area contributed by atoms with Crippen LogP contribution in [0.15, 0.2) is 58.9 Å². The minimum Gasteiger partial charge on any atom is -0.469 e. The van der Waals surface area contributed by atoms with Gasteiger partial charge in [0.15, 0.2) is 5.70 Å². The van der Waals surface area contributed by atoms with Crippen LogP contribution in [0.5, 0.6) is 0 Å². The van der Waals surface area contributed by atoms with Crippen molar-refractivity contribution in [1.82, 2.24) is 0 Å². The van der Waals surface area contributed by atoms with Crippen molar-refractivity contribution >= 4 is 11.7 Å². The van der Waals surface area contributed by atoms with Gasteiger partial charge in [-0.05, 0) is 42.3 Å². The third kappa shape index (κ3) is 4.54. The van der Waals surface area contributed by atoms with Gasteiger partial charge in [0.2, 0.25) is 0 Å². The van der Waals surface area contributed by atoms with Crippen LogP contribution in [0.3, 0.4) is 0 Å². The maximum absolute atomic E-state index is 13.8. The Morgan fingerprint density at radius 2 is 1.75 bits per heavy atom.